The van der Waals surface area contributed by atoms with Crippen molar-refractivity contribution in [3.8, 4) is 0 Å². The summed E-state index contributed by atoms with van der Waals surface area (Å²) in [7, 11) is 0. The van der Waals surface area contributed by atoms with Crippen molar-refractivity contribution in [2.24, 2.45) is 5.92 Å². The van der Waals surface area contributed by atoms with E-state index in [4.69, 9.17) is 5.11 Å². The highest BCUT2D eigenvalue weighted by Crippen LogP contribution is 2.40. The Hall–Kier alpha value is -0.830. The third-order valence-electron chi connectivity index (χ3n) is 2.80. The molecule has 0 aromatic carbocycles. The van der Waals surface area contributed by atoms with Gasteiger partial charge in [0.1, 0.15) is 0 Å². The quantitative estimate of drug-likeness (QED) is 0.789. The Morgan fingerprint density at radius 2 is 2.38 bits per heavy atom. The largest absolute Gasteiger partial charge is 0.481 e. The predicted molar refractivity (Wildman–Crippen MR) is 52.0 cm³/mol. The fourth-order valence-corrected chi connectivity index (χ4v) is 2.87. The van der Waals surface area contributed by atoms with Gasteiger partial charge in [-0.1, -0.05) is 6.42 Å². The van der Waals surface area contributed by atoms with E-state index in [1.54, 1.807) is 11.3 Å². The summed E-state index contributed by atoms with van der Waals surface area (Å²) in [5.74, 6) is -0.507. The van der Waals surface area contributed by atoms with Crippen molar-refractivity contribution >= 4 is 17.3 Å². The maximum absolute atomic E-state index is 10.9. The third-order valence-corrected chi connectivity index (χ3v) is 3.51. The molecule has 0 spiro atoms. The summed E-state index contributed by atoms with van der Waals surface area (Å²) in [6.45, 7) is 0. The Kier molecular flexibility index (Phi) is 2.36. The Labute approximate surface area is 81.2 Å². The van der Waals surface area contributed by atoms with Crippen molar-refractivity contribution in [1.82, 2.24) is 0 Å². The molecule has 0 aliphatic heterocycles. The van der Waals surface area contributed by atoms with Crippen LogP contribution in [0.5, 0.6) is 0 Å². The molecule has 3 heteroatoms. The number of hydrogen-bond donors (Lipinski definition) is 1. The van der Waals surface area contributed by atoms with Crippen LogP contribution in [-0.2, 0) is 4.79 Å². The van der Waals surface area contributed by atoms with Crippen LogP contribution in [0.15, 0.2) is 16.8 Å². The molecule has 2 nitrogen and oxygen atoms in total. The fraction of sp³-hybridized carbons (Fsp3) is 0.500. The highest BCUT2D eigenvalue weighted by atomic mass is 32.1. The Balaban J connectivity index is 2.19. The van der Waals surface area contributed by atoms with Crippen LogP contribution in [0.3, 0.4) is 0 Å². The van der Waals surface area contributed by atoms with Crippen LogP contribution < -0.4 is 0 Å². The highest BCUT2D eigenvalue weighted by molar-refractivity contribution is 7.07. The number of carboxylic acid groups (broad SMARTS) is 1. The highest BCUT2D eigenvalue weighted by Gasteiger charge is 2.33. The second kappa shape index (κ2) is 3.50. The Morgan fingerprint density at radius 1 is 1.54 bits per heavy atom. The number of rotatable bonds is 2. The molecule has 0 unspecified atom stereocenters. The van der Waals surface area contributed by atoms with E-state index in [-0.39, 0.29) is 11.8 Å². The summed E-state index contributed by atoms with van der Waals surface area (Å²) in [4.78, 5) is 10.9. The molecule has 2 rings (SSSR count). The molecule has 1 N–H and O–H groups in total. The normalized spacial score (nSPS) is 27.7. The van der Waals surface area contributed by atoms with Crippen LogP contribution in [0.2, 0.25) is 0 Å². The second-order valence-electron chi connectivity index (χ2n) is 3.54. The number of carboxylic acids is 1. The molecule has 1 aromatic heterocycles. The first-order chi connectivity index (χ1) is 6.29. The fourth-order valence-electron chi connectivity index (χ4n) is 2.14. The maximum atomic E-state index is 10.9. The molecule has 1 saturated carbocycles. The Bertz CT molecular complexity index is 292. The third kappa shape index (κ3) is 1.61. The molecular formula is C10H12O2S. The van der Waals surface area contributed by atoms with E-state index in [9.17, 15) is 4.79 Å². The molecule has 0 radical (unpaired) electrons. The van der Waals surface area contributed by atoms with Gasteiger partial charge in [-0.05, 0) is 41.1 Å². The molecule has 70 valence electrons. The van der Waals surface area contributed by atoms with E-state index in [1.807, 2.05) is 5.38 Å². The molecule has 2 atom stereocenters. The molecular weight excluding hydrogens is 184 g/mol. The molecule has 1 heterocycles. The lowest BCUT2D eigenvalue weighted by molar-refractivity contribution is -0.142. The lowest BCUT2D eigenvalue weighted by Crippen LogP contribution is -2.16. The first-order valence-electron chi connectivity index (χ1n) is 4.54. The standard InChI is InChI=1S/C10H12O2S/c11-10(12)9-3-1-2-8(9)7-4-5-13-6-7/h4-6,8-9H,1-3H2,(H,11,12)/t8-,9-/m0/s1. The maximum Gasteiger partial charge on any atom is 0.307 e. The molecule has 0 saturated heterocycles. The van der Waals surface area contributed by atoms with Gasteiger partial charge in [-0.15, -0.1) is 0 Å². The summed E-state index contributed by atoms with van der Waals surface area (Å²) in [6, 6.07) is 2.05. The minimum absolute atomic E-state index is 0.144. The van der Waals surface area contributed by atoms with E-state index in [2.05, 4.69) is 11.4 Å². The van der Waals surface area contributed by atoms with Gasteiger partial charge in [-0.3, -0.25) is 4.79 Å². The van der Waals surface area contributed by atoms with E-state index in [0.29, 0.717) is 0 Å². The SMILES string of the molecule is O=C(O)[C@H]1CCC[C@H]1c1ccsc1. The van der Waals surface area contributed by atoms with Crippen molar-refractivity contribution in [1.29, 1.82) is 0 Å². The zero-order valence-electron chi connectivity index (χ0n) is 7.27. The number of aliphatic carboxylic acids is 1. The van der Waals surface area contributed by atoms with Crippen LogP contribution in [-0.4, -0.2) is 11.1 Å². The molecule has 13 heavy (non-hydrogen) atoms. The van der Waals surface area contributed by atoms with Gasteiger partial charge < -0.3 is 5.11 Å². The molecule has 1 aliphatic carbocycles. The van der Waals surface area contributed by atoms with Crippen molar-refractivity contribution in [3.05, 3.63) is 22.4 Å². The van der Waals surface area contributed by atoms with Crippen molar-refractivity contribution in [3.63, 3.8) is 0 Å². The van der Waals surface area contributed by atoms with E-state index in [0.717, 1.165) is 19.3 Å². The Morgan fingerprint density at radius 3 is 3.00 bits per heavy atom. The summed E-state index contributed by atoms with van der Waals surface area (Å²) in [5, 5.41) is 13.1. The average Bonchev–Trinajstić information content (AvgIpc) is 2.74. The van der Waals surface area contributed by atoms with E-state index >= 15 is 0 Å². The topological polar surface area (TPSA) is 37.3 Å². The van der Waals surface area contributed by atoms with Gasteiger partial charge in [0.15, 0.2) is 0 Å². The van der Waals surface area contributed by atoms with Gasteiger partial charge in [0.25, 0.3) is 0 Å². The first-order valence-corrected chi connectivity index (χ1v) is 5.48. The molecule has 1 aromatic rings. The predicted octanol–water partition coefficient (Wildman–Crippen LogP) is 2.72. The van der Waals surface area contributed by atoms with Crippen LogP contribution in [0, 0.1) is 5.92 Å². The number of hydrogen-bond acceptors (Lipinski definition) is 2. The van der Waals surface area contributed by atoms with E-state index in [1.165, 1.54) is 5.56 Å². The average molecular weight is 196 g/mol. The minimum Gasteiger partial charge on any atom is -0.481 e. The lowest BCUT2D eigenvalue weighted by atomic mass is 9.91. The van der Waals surface area contributed by atoms with Gasteiger partial charge >= 0.3 is 5.97 Å². The zero-order chi connectivity index (χ0) is 9.26. The van der Waals surface area contributed by atoms with E-state index < -0.39 is 5.97 Å². The summed E-state index contributed by atoms with van der Waals surface area (Å²) < 4.78 is 0. The number of thiophene rings is 1. The van der Waals surface area contributed by atoms with Crippen molar-refractivity contribution < 1.29 is 9.90 Å². The van der Waals surface area contributed by atoms with Crippen molar-refractivity contribution in [2.75, 3.05) is 0 Å². The van der Waals surface area contributed by atoms with Crippen LogP contribution >= 0.6 is 11.3 Å². The van der Waals surface area contributed by atoms with Gasteiger partial charge in [-0.2, -0.15) is 11.3 Å². The van der Waals surface area contributed by atoms with Crippen LogP contribution in [0.1, 0.15) is 30.7 Å². The number of carbonyl (C=O) groups is 1. The van der Waals surface area contributed by atoms with Gasteiger partial charge in [0, 0.05) is 0 Å². The van der Waals surface area contributed by atoms with Crippen LogP contribution in [0.25, 0.3) is 0 Å². The van der Waals surface area contributed by atoms with Gasteiger partial charge in [-0.25, -0.2) is 0 Å². The summed E-state index contributed by atoms with van der Waals surface area (Å²) in [5.41, 5.74) is 1.22. The lowest BCUT2D eigenvalue weighted by Gasteiger charge is -2.13. The smallest absolute Gasteiger partial charge is 0.307 e. The summed E-state index contributed by atoms with van der Waals surface area (Å²) >= 11 is 1.65. The monoisotopic (exact) mass is 196 g/mol. The minimum atomic E-state index is -0.631. The van der Waals surface area contributed by atoms with Gasteiger partial charge in [0.05, 0.1) is 5.92 Å². The molecule has 0 bridgehead atoms. The van der Waals surface area contributed by atoms with Crippen molar-refractivity contribution in [2.45, 2.75) is 25.2 Å². The summed E-state index contributed by atoms with van der Waals surface area (Å²) in [6.07, 6.45) is 2.93. The second-order valence-corrected chi connectivity index (χ2v) is 4.32. The molecule has 1 fully saturated rings. The first kappa shape index (κ1) is 8.75. The van der Waals surface area contributed by atoms with Crippen LogP contribution in [0.4, 0.5) is 0 Å². The van der Waals surface area contributed by atoms with Gasteiger partial charge in [0.2, 0.25) is 0 Å². The molecule has 0 amide bonds. The molecule has 1 aliphatic rings. The zero-order valence-corrected chi connectivity index (χ0v) is 8.09.